The molecule has 0 atom stereocenters. The molecule has 0 aliphatic carbocycles. The third kappa shape index (κ3) is 4.44. The van der Waals surface area contributed by atoms with E-state index in [0.29, 0.717) is 13.1 Å². The molecule has 1 amide bonds. The Labute approximate surface area is 141 Å². The highest BCUT2D eigenvalue weighted by atomic mass is 19.4. The number of hydrogen-bond acceptors (Lipinski definition) is 5. The van der Waals surface area contributed by atoms with Gasteiger partial charge in [0.1, 0.15) is 5.75 Å². The van der Waals surface area contributed by atoms with Gasteiger partial charge in [-0.25, -0.2) is 9.97 Å². The SMILES string of the molecule is NC(=O)c1ncc2c(n1)CN(Cc1ccc(OC(F)(F)F)cc1)CC2. The van der Waals surface area contributed by atoms with E-state index in [1.165, 1.54) is 12.1 Å². The Morgan fingerprint density at radius 1 is 1.28 bits per heavy atom. The largest absolute Gasteiger partial charge is 0.573 e. The van der Waals surface area contributed by atoms with Crippen molar-refractivity contribution in [2.75, 3.05) is 6.54 Å². The number of rotatable bonds is 4. The van der Waals surface area contributed by atoms with Crippen molar-refractivity contribution in [2.24, 2.45) is 5.73 Å². The monoisotopic (exact) mass is 352 g/mol. The lowest BCUT2D eigenvalue weighted by molar-refractivity contribution is -0.274. The van der Waals surface area contributed by atoms with Crippen molar-refractivity contribution >= 4 is 5.91 Å². The first kappa shape index (κ1) is 17.2. The van der Waals surface area contributed by atoms with E-state index in [1.807, 2.05) is 0 Å². The zero-order valence-corrected chi connectivity index (χ0v) is 13.1. The molecule has 1 aliphatic heterocycles. The van der Waals surface area contributed by atoms with Gasteiger partial charge in [0.2, 0.25) is 5.82 Å². The lowest BCUT2D eigenvalue weighted by Gasteiger charge is -2.27. The number of nitrogens with two attached hydrogens (primary N) is 1. The third-order valence-corrected chi connectivity index (χ3v) is 3.81. The number of aromatic nitrogens is 2. The molecule has 0 saturated carbocycles. The molecule has 9 heteroatoms. The van der Waals surface area contributed by atoms with Crippen molar-refractivity contribution in [1.82, 2.24) is 14.9 Å². The minimum Gasteiger partial charge on any atom is -0.406 e. The number of carbonyl (C=O) groups excluding carboxylic acids is 1. The molecule has 0 bridgehead atoms. The number of primary amides is 1. The fourth-order valence-electron chi connectivity index (χ4n) is 2.67. The number of ether oxygens (including phenoxy) is 1. The number of fused-ring (bicyclic) bond motifs is 1. The molecule has 0 saturated heterocycles. The summed E-state index contributed by atoms with van der Waals surface area (Å²) in [6, 6.07) is 5.75. The van der Waals surface area contributed by atoms with Gasteiger partial charge in [-0.3, -0.25) is 9.69 Å². The van der Waals surface area contributed by atoms with Crippen LogP contribution in [0.5, 0.6) is 5.75 Å². The molecule has 2 heterocycles. The first-order chi connectivity index (χ1) is 11.8. The van der Waals surface area contributed by atoms with Crippen molar-refractivity contribution in [3.8, 4) is 5.75 Å². The van der Waals surface area contributed by atoms with Gasteiger partial charge in [0.05, 0.1) is 5.69 Å². The highest BCUT2D eigenvalue weighted by Gasteiger charge is 2.31. The van der Waals surface area contributed by atoms with Crippen molar-refractivity contribution in [1.29, 1.82) is 0 Å². The van der Waals surface area contributed by atoms with Crippen LogP contribution in [0, 0.1) is 0 Å². The summed E-state index contributed by atoms with van der Waals surface area (Å²) in [5, 5.41) is 0. The normalized spacial score (nSPS) is 14.8. The van der Waals surface area contributed by atoms with E-state index >= 15 is 0 Å². The predicted octanol–water partition coefficient (Wildman–Crippen LogP) is 2.03. The minimum atomic E-state index is -4.70. The summed E-state index contributed by atoms with van der Waals surface area (Å²) < 4.78 is 40.4. The number of amides is 1. The summed E-state index contributed by atoms with van der Waals surface area (Å²) in [6.07, 6.45) is -2.36. The third-order valence-electron chi connectivity index (χ3n) is 3.81. The molecule has 0 spiro atoms. The zero-order valence-electron chi connectivity index (χ0n) is 13.1. The Kier molecular flexibility index (Phi) is 4.58. The molecular weight excluding hydrogens is 337 g/mol. The van der Waals surface area contributed by atoms with Crippen molar-refractivity contribution in [3.63, 3.8) is 0 Å². The number of halogens is 3. The summed E-state index contributed by atoms with van der Waals surface area (Å²) in [5.41, 5.74) is 7.75. The van der Waals surface area contributed by atoms with E-state index in [4.69, 9.17) is 5.73 Å². The number of alkyl halides is 3. The first-order valence-electron chi connectivity index (χ1n) is 7.52. The van der Waals surface area contributed by atoms with Crippen molar-refractivity contribution in [3.05, 3.63) is 53.1 Å². The lowest BCUT2D eigenvalue weighted by atomic mass is 10.1. The number of benzene rings is 1. The highest BCUT2D eigenvalue weighted by molar-refractivity contribution is 5.88. The maximum atomic E-state index is 12.2. The second-order valence-electron chi connectivity index (χ2n) is 5.68. The van der Waals surface area contributed by atoms with Crippen molar-refractivity contribution < 1.29 is 22.7 Å². The summed E-state index contributed by atoms with van der Waals surface area (Å²) in [6.45, 7) is 1.81. The van der Waals surface area contributed by atoms with Crippen LogP contribution >= 0.6 is 0 Å². The van der Waals surface area contributed by atoms with Gasteiger partial charge >= 0.3 is 6.36 Å². The molecule has 2 aromatic rings. The van der Waals surface area contributed by atoms with Crippen molar-refractivity contribution in [2.45, 2.75) is 25.9 Å². The maximum absolute atomic E-state index is 12.2. The topological polar surface area (TPSA) is 81.3 Å². The van der Waals surface area contributed by atoms with Gasteiger partial charge in [-0.1, -0.05) is 12.1 Å². The fourth-order valence-corrected chi connectivity index (χ4v) is 2.67. The molecule has 25 heavy (non-hydrogen) atoms. The molecular formula is C16H15F3N4O2. The quantitative estimate of drug-likeness (QED) is 0.911. The van der Waals surface area contributed by atoms with Crippen LogP contribution in [0.15, 0.2) is 30.5 Å². The molecule has 132 valence electrons. The molecule has 0 fully saturated rings. The Morgan fingerprint density at radius 3 is 2.64 bits per heavy atom. The van der Waals surface area contributed by atoms with Crippen LogP contribution in [0.25, 0.3) is 0 Å². The second-order valence-corrected chi connectivity index (χ2v) is 5.68. The van der Waals surface area contributed by atoms with Gasteiger partial charge in [0.15, 0.2) is 0 Å². The van der Waals surface area contributed by atoms with Crippen LogP contribution in [0.2, 0.25) is 0 Å². The smallest absolute Gasteiger partial charge is 0.406 e. The summed E-state index contributed by atoms with van der Waals surface area (Å²) >= 11 is 0. The minimum absolute atomic E-state index is 0.0192. The number of hydrogen-bond donors (Lipinski definition) is 1. The van der Waals surface area contributed by atoms with Gasteiger partial charge < -0.3 is 10.5 Å². The average Bonchev–Trinajstić information content (AvgIpc) is 2.54. The average molecular weight is 352 g/mol. The maximum Gasteiger partial charge on any atom is 0.573 e. The van der Waals surface area contributed by atoms with Crippen LogP contribution in [0.4, 0.5) is 13.2 Å². The molecule has 6 nitrogen and oxygen atoms in total. The number of nitrogens with zero attached hydrogens (tertiary/aromatic N) is 3. The van der Waals surface area contributed by atoms with Crippen LogP contribution in [-0.4, -0.2) is 33.7 Å². The highest BCUT2D eigenvalue weighted by Crippen LogP contribution is 2.24. The summed E-state index contributed by atoms with van der Waals surface area (Å²) in [4.78, 5) is 21.4. The molecule has 1 aliphatic rings. The lowest BCUT2D eigenvalue weighted by Crippen LogP contribution is -2.32. The Morgan fingerprint density at radius 2 is 2.00 bits per heavy atom. The zero-order chi connectivity index (χ0) is 18.0. The Hall–Kier alpha value is -2.68. The van der Waals surface area contributed by atoms with E-state index in [-0.39, 0.29) is 11.6 Å². The van der Waals surface area contributed by atoms with E-state index in [9.17, 15) is 18.0 Å². The summed E-state index contributed by atoms with van der Waals surface area (Å²) in [7, 11) is 0. The van der Waals surface area contributed by atoms with Crippen LogP contribution in [-0.2, 0) is 19.5 Å². The fraction of sp³-hybridized carbons (Fsp3) is 0.312. The van der Waals surface area contributed by atoms with Crippen LogP contribution in [0.1, 0.15) is 27.4 Å². The predicted molar refractivity (Wildman–Crippen MR) is 81.5 cm³/mol. The first-order valence-corrected chi connectivity index (χ1v) is 7.52. The summed E-state index contributed by atoms with van der Waals surface area (Å²) in [5.74, 6) is -0.950. The van der Waals surface area contributed by atoms with E-state index < -0.39 is 12.3 Å². The van der Waals surface area contributed by atoms with Gasteiger partial charge in [0.25, 0.3) is 5.91 Å². The van der Waals surface area contributed by atoms with Gasteiger partial charge in [-0.15, -0.1) is 13.2 Å². The Balaban J connectivity index is 1.66. The van der Waals surface area contributed by atoms with Gasteiger partial charge in [-0.2, -0.15) is 0 Å². The van der Waals surface area contributed by atoms with Crippen LogP contribution in [0.3, 0.4) is 0 Å². The molecule has 3 rings (SSSR count). The number of carbonyl (C=O) groups is 1. The Bertz CT molecular complexity index is 778. The van der Waals surface area contributed by atoms with E-state index in [0.717, 1.165) is 29.8 Å². The standard InChI is InChI=1S/C16H15F3N4O2/c17-16(18,19)25-12-3-1-10(2-4-12)8-23-6-5-11-7-21-15(14(20)24)22-13(11)9-23/h1-4,7H,5-6,8-9H2,(H2,20,24). The molecule has 1 aromatic heterocycles. The van der Waals surface area contributed by atoms with Gasteiger partial charge in [-0.05, 0) is 29.7 Å². The van der Waals surface area contributed by atoms with E-state index in [1.54, 1.807) is 18.3 Å². The van der Waals surface area contributed by atoms with Gasteiger partial charge in [0, 0.05) is 25.8 Å². The second kappa shape index (κ2) is 6.67. The molecule has 0 radical (unpaired) electrons. The molecule has 1 aromatic carbocycles. The van der Waals surface area contributed by atoms with Crippen LogP contribution < -0.4 is 10.5 Å². The molecule has 0 unspecified atom stereocenters. The molecule has 2 N–H and O–H groups in total. The van der Waals surface area contributed by atoms with E-state index in [2.05, 4.69) is 19.6 Å².